The van der Waals surface area contributed by atoms with E-state index in [2.05, 4.69) is 41.4 Å². The number of rotatable bonds is 3. The first-order chi connectivity index (χ1) is 9.71. The molecule has 1 N–H and O–H groups in total. The molecule has 20 heavy (non-hydrogen) atoms. The van der Waals surface area contributed by atoms with Gasteiger partial charge in [0, 0.05) is 19.5 Å². The normalized spacial score (nSPS) is 21.6. The van der Waals surface area contributed by atoms with E-state index in [9.17, 15) is 4.79 Å². The van der Waals surface area contributed by atoms with Gasteiger partial charge in [0.25, 0.3) is 0 Å². The van der Waals surface area contributed by atoms with Crippen molar-refractivity contribution in [1.29, 1.82) is 0 Å². The van der Waals surface area contributed by atoms with E-state index in [0.717, 1.165) is 51.9 Å². The highest BCUT2D eigenvalue weighted by molar-refractivity contribution is 5.79. The predicted molar refractivity (Wildman–Crippen MR) is 80.4 cm³/mol. The van der Waals surface area contributed by atoms with Gasteiger partial charge >= 0.3 is 0 Å². The van der Waals surface area contributed by atoms with Gasteiger partial charge in [-0.2, -0.15) is 0 Å². The van der Waals surface area contributed by atoms with Gasteiger partial charge in [-0.05, 0) is 48.9 Å². The number of carbonyl (C=O) groups is 1. The number of nitrogens with one attached hydrogen (secondary N) is 1. The maximum Gasteiger partial charge on any atom is 0.223 e. The minimum Gasteiger partial charge on any atom is -0.338 e. The van der Waals surface area contributed by atoms with E-state index in [4.69, 9.17) is 0 Å². The molecule has 1 spiro atoms. The number of aryl methyl sites for hydroxylation is 1. The number of likely N-dealkylation sites (tertiary alicyclic amines) is 1. The fraction of sp³-hybridized carbons (Fsp3) is 0.588. The minimum atomic E-state index is 0.256. The van der Waals surface area contributed by atoms with Crippen molar-refractivity contribution >= 4 is 5.91 Å². The molecule has 2 heterocycles. The molecule has 3 heteroatoms. The van der Waals surface area contributed by atoms with Gasteiger partial charge in [-0.3, -0.25) is 4.79 Å². The largest absolute Gasteiger partial charge is 0.338 e. The van der Waals surface area contributed by atoms with Crippen molar-refractivity contribution in [2.24, 2.45) is 5.41 Å². The summed E-state index contributed by atoms with van der Waals surface area (Å²) in [6, 6.07) is 8.69. The van der Waals surface area contributed by atoms with Crippen molar-refractivity contribution in [3.05, 3.63) is 35.4 Å². The summed E-state index contributed by atoms with van der Waals surface area (Å²) in [6.45, 7) is 6.01. The van der Waals surface area contributed by atoms with Gasteiger partial charge in [0.05, 0.1) is 0 Å². The molecule has 0 aliphatic carbocycles. The molecule has 3 rings (SSSR count). The van der Waals surface area contributed by atoms with E-state index in [1.165, 1.54) is 11.1 Å². The topological polar surface area (TPSA) is 32.3 Å². The van der Waals surface area contributed by atoms with Crippen LogP contribution in [0, 0.1) is 5.41 Å². The quantitative estimate of drug-likeness (QED) is 0.916. The summed E-state index contributed by atoms with van der Waals surface area (Å²) in [5.74, 6) is 0.339. The standard InChI is InChI=1S/C17H24N2O/c1-2-14-3-5-15(6-4-14)12-19-13-17(11-16(19)20)7-9-18-10-8-17/h3-6,18H,2,7-13H2,1H3. The van der Waals surface area contributed by atoms with Crippen LogP contribution in [0.5, 0.6) is 0 Å². The summed E-state index contributed by atoms with van der Waals surface area (Å²) in [5.41, 5.74) is 2.86. The van der Waals surface area contributed by atoms with Crippen molar-refractivity contribution in [2.75, 3.05) is 19.6 Å². The van der Waals surface area contributed by atoms with E-state index >= 15 is 0 Å². The maximum atomic E-state index is 12.3. The third-order valence-electron chi connectivity index (χ3n) is 4.87. The molecule has 0 aromatic heterocycles. The van der Waals surface area contributed by atoms with Gasteiger partial charge < -0.3 is 10.2 Å². The van der Waals surface area contributed by atoms with Crippen LogP contribution in [-0.4, -0.2) is 30.4 Å². The number of hydrogen-bond donors (Lipinski definition) is 1. The number of benzene rings is 1. The molecule has 0 saturated carbocycles. The first-order valence-electron chi connectivity index (χ1n) is 7.77. The van der Waals surface area contributed by atoms with Crippen LogP contribution in [-0.2, 0) is 17.8 Å². The SMILES string of the molecule is CCc1ccc(CN2CC3(CCNCC3)CC2=O)cc1. The highest BCUT2D eigenvalue weighted by atomic mass is 16.2. The van der Waals surface area contributed by atoms with Gasteiger partial charge in [0.2, 0.25) is 5.91 Å². The molecule has 0 unspecified atom stereocenters. The van der Waals surface area contributed by atoms with E-state index in [-0.39, 0.29) is 5.41 Å². The van der Waals surface area contributed by atoms with Crippen LogP contribution in [0.3, 0.4) is 0 Å². The number of amides is 1. The van der Waals surface area contributed by atoms with E-state index < -0.39 is 0 Å². The fourth-order valence-corrected chi connectivity index (χ4v) is 3.52. The van der Waals surface area contributed by atoms with E-state index in [0.29, 0.717) is 5.91 Å². The van der Waals surface area contributed by atoms with E-state index in [1.807, 2.05) is 0 Å². The second kappa shape index (κ2) is 5.57. The average Bonchev–Trinajstić information content (AvgIpc) is 2.76. The Morgan fingerprint density at radius 1 is 1.15 bits per heavy atom. The summed E-state index contributed by atoms with van der Waals surface area (Å²) < 4.78 is 0. The maximum absolute atomic E-state index is 12.3. The third-order valence-corrected chi connectivity index (χ3v) is 4.87. The molecule has 0 atom stereocenters. The monoisotopic (exact) mass is 272 g/mol. The first kappa shape index (κ1) is 13.6. The number of carbonyl (C=O) groups excluding carboxylic acids is 1. The Kier molecular flexibility index (Phi) is 3.79. The molecule has 2 aliphatic rings. The Labute approximate surface area is 121 Å². The molecule has 3 nitrogen and oxygen atoms in total. The molecule has 1 amide bonds. The zero-order chi connectivity index (χ0) is 14.0. The Morgan fingerprint density at radius 3 is 2.45 bits per heavy atom. The van der Waals surface area contributed by atoms with Crippen LogP contribution in [0.2, 0.25) is 0 Å². The summed E-state index contributed by atoms with van der Waals surface area (Å²) in [5, 5.41) is 3.40. The van der Waals surface area contributed by atoms with Gasteiger partial charge in [-0.1, -0.05) is 31.2 Å². The molecular weight excluding hydrogens is 248 g/mol. The van der Waals surface area contributed by atoms with Gasteiger partial charge in [0.1, 0.15) is 0 Å². The highest BCUT2D eigenvalue weighted by Crippen LogP contribution is 2.39. The number of piperidine rings is 1. The molecule has 2 saturated heterocycles. The lowest BCUT2D eigenvalue weighted by molar-refractivity contribution is -0.128. The van der Waals surface area contributed by atoms with Crippen LogP contribution in [0.1, 0.15) is 37.3 Å². The number of nitrogens with zero attached hydrogens (tertiary/aromatic N) is 1. The summed E-state index contributed by atoms with van der Waals surface area (Å²) in [7, 11) is 0. The Balaban J connectivity index is 1.66. The van der Waals surface area contributed by atoms with E-state index in [1.54, 1.807) is 0 Å². The fourth-order valence-electron chi connectivity index (χ4n) is 3.52. The van der Waals surface area contributed by atoms with Gasteiger partial charge in [-0.15, -0.1) is 0 Å². The van der Waals surface area contributed by atoms with Crippen molar-refractivity contribution in [3.63, 3.8) is 0 Å². The molecule has 108 valence electrons. The molecular formula is C17H24N2O. The molecule has 0 bridgehead atoms. The lowest BCUT2D eigenvalue weighted by Gasteiger charge is -2.33. The zero-order valence-electron chi connectivity index (χ0n) is 12.3. The summed E-state index contributed by atoms with van der Waals surface area (Å²) in [6.07, 6.45) is 4.11. The van der Waals surface area contributed by atoms with Crippen LogP contribution >= 0.6 is 0 Å². The third kappa shape index (κ3) is 2.73. The van der Waals surface area contributed by atoms with Crippen LogP contribution in [0.4, 0.5) is 0 Å². The molecule has 2 fully saturated rings. The minimum absolute atomic E-state index is 0.256. The van der Waals surface area contributed by atoms with Crippen LogP contribution < -0.4 is 5.32 Å². The Hall–Kier alpha value is -1.35. The van der Waals surface area contributed by atoms with Crippen molar-refractivity contribution in [1.82, 2.24) is 10.2 Å². The summed E-state index contributed by atoms with van der Waals surface area (Å²) >= 11 is 0. The number of hydrogen-bond acceptors (Lipinski definition) is 2. The second-order valence-electron chi connectivity index (χ2n) is 6.35. The smallest absolute Gasteiger partial charge is 0.223 e. The lowest BCUT2D eigenvalue weighted by atomic mass is 9.78. The second-order valence-corrected chi connectivity index (χ2v) is 6.35. The van der Waals surface area contributed by atoms with Crippen molar-refractivity contribution in [2.45, 2.75) is 39.2 Å². The zero-order valence-corrected chi connectivity index (χ0v) is 12.3. The Morgan fingerprint density at radius 2 is 1.80 bits per heavy atom. The van der Waals surface area contributed by atoms with Gasteiger partial charge in [-0.25, -0.2) is 0 Å². The van der Waals surface area contributed by atoms with Crippen LogP contribution in [0.15, 0.2) is 24.3 Å². The molecule has 2 aliphatic heterocycles. The predicted octanol–water partition coefficient (Wildman–Crippen LogP) is 2.35. The molecule has 1 aromatic carbocycles. The Bertz CT molecular complexity index is 474. The van der Waals surface area contributed by atoms with Crippen molar-refractivity contribution < 1.29 is 4.79 Å². The molecule has 1 aromatic rings. The van der Waals surface area contributed by atoms with Gasteiger partial charge in [0.15, 0.2) is 0 Å². The van der Waals surface area contributed by atoms with Crippen LogP contribution in [0.25, 0.3) is 0 Å². The first-order valence-corrected chi connectivity index (χ1v) is 7.77. The lowest BCUT2D eigenvalue weighted by Crippen LogP contribution is -2.38. The van der Waals surface area contributed by atoms with Crippen molar-refractivity contribution in [3.8, 4) is 0 Å². The average molecular weight is 272 g/mol. The summed E-state index contributed by atoms with van der Waals surface area (Å²) in [4.78, 5) is 14.3. The molecule has 0 radical (unpaired) electrons. The highest BCUT2D eigenvalue weighted by Gasteiger charge is 2.43.